The Balaban J connectivity index is 1.54. The first kappa shape index (κ1) is 24.9. The number of nitrogens with zero attached hydrogens (tertiary/aromatic N) is 3. The third kappa shape index (κ3) is 6.65. The lowest BCUT2D eigenvalue weighted by Gasteiger charge is -2.07. The fourth-order valence-electron chi connectivity index (χ4n) is 3.54. The number of rotatable bonds is 10. The van der Waals surface area contributed by atoms with E-state index in [2.05, 4.69) is 21.8 Å². The summed E-state index contributed by atoms with van der Waals surface area (Å²) in [6.45, 7) is 7.37. The largest absolute Gasteiger partial charge is 0.455 e. The van der Waals surface area contributed by atoms with E-state index in [-0.39, 0.29) is 24.5 Å². The molecule has 176 valence electrons. The van der Waals surface area contributed by atoms with E-state index in [0.717, 1.165) is 35.5 Å². The fraction of sp³-hybridized carbons (Fsp3) is 0.308. The second-order valence-corrected chi connectivity index (χ2v) is 8.84. The Hall–Kier alpha value is -3.70. The molecule has 0 saturated carbocycles. The molecule has 2 heterocycles. The zero-order valence-corrected chi connectivity index (χ0v) is 20.4. The number of thiazole rings is 1. The van der Waals surface area contributed by atoms with Crippen molar-refractivity contribution in [1.82, 2.24) is 14.9 Å². The van der Waals surface area contributed by atoms with Crippen LogP contribution in [0, 0.1) is 25.2 Å². The smallest absolute Gasteiger partial charge is 0.349 e. The first-order valence-electron chi connectivity index (χ1n) is 11.1. The maximum absolute atomic E-state index is 12.5. The molecule has 0 aliphatic heterocycles. The molecule has 3 rings (SSSR count). The Labute approximate surface area is 203 Å². The Kier molecular flexibility index (Phi) is 8.77. The summed E-state index contributed by atoms with van der Waals surface area (Å²) >= 11 is 1.33. The first-order chi connectivity index (χ1) is 16.4. The molecule has 8 heteroatoms. The normalized spacial score (nSPS) is 11.2. The predicted molar refractivity (Wildman–Crippen MR) is 132 cm³/mol. The van der Waals surface area contributed by atoms with Gasteiger partial charge in [0.05, 0.1) is 12.1 Å². The second kappa shape index (κ2) is 12.0. The van der Waals surface area contributed by atoms with E-state index in [9.17, 15) is 14.9 Å². The Bertz CT molecular complexity index is 1220. The van der Waals surface area contributed by atoms with Crippen LogP contribution in [-0.2, 0) is 40.4 Å². The lowest BCUT2D eigenvalue weighted by Crippen LogP contribution is -2.24. The van der Waals surface area contributed by atoms with Gasteiger partial charge in [-0.25, -0.2) is 9.78 Å². The number of hydrogen-bond donors (Lipinski definition) is 1. The van der Waals surface area contributed by atoms with Gasteiger partial charge in [-0.3, -0.25) is 4.79 Å². The van der Waals surface area contributed by atoms with Crippen molar-refractivity contribution in [3.05, 3.63) is 80.6 Å². The van der Waals surface area contributed by atoms with Gasteiger partial charge in [0.1, 0.15) is 23.3 Å². The summed E-state index contributed by atoms with van der Waals surface area (Å²) in [6, 6.07) is 13.6. The molecule has 0 atom stereocenters. The minimum Gasteiger partial charge on any atom is -0.455 e. The van der Waals surface area contributed by atoms with E-state index >= 15 is 0 Å². The van der Waals surface area contributed by atoms with Crippen LogP contribution < -0.4 is 5.32 Å². The molecule has 0 aliphatic carbocycles. The zero-order valence-electron chi connectivity index (χ0n) is 19.6. The van der Waals surface area contributed by atoms with Crippen LogP contribution in [-0.4, -0.2) is 21.4 Å². The van der Waals surface area contributed by atoms with Crippen molar-refractivity contribution in [2.45, 2.75) is 53.3 Å². The van der Waals surface area contributed by atoms with E-state index in [1.165, 1.54) is 11.3 Å². The molecule has 2 aromatic heterocycles. The number of ether oxygens (including phenoxy) is 1. The van der Waals surface area contributed by atoms with Crippen LogP contribution in [0.1, 0.15) is 46.6 Å². The number of carbonyl (C=O) groups is 2. The van der Waals surface area contributed by atoms with Gasteiger partial charge < -0.3 is 14.6 Å². The predicted octanol–water partition coefficient (Wildman–Crippen LogP) is 4.48. The monoisotopic (exact) mass is 476 g/mol. The van der Waals surface area contributed by atoms with Crippen molar-refractivity contribution in [3.63, 3.8) is 0 Å². The van der Waals surface area contributed by atoms with Gasteiger partial charge in [-0.05, 0) is 43.5 Å². The third-order valence-electron chi connectivity index (χ3n) is 5.29. The summed E-state index contributed by atoms with van der Waals surface area (Å²) in [7, 11) is 0. The van der Waals surface area contributed by atoms with Gasteiger partial charge in [0.25, 0.3) is 0 Å². The zero-order chi connectivity index (χ0) is 24.5. The average Bonchev–Trinajstić information content (AvgIpc) is 3.39. The number of carbonyl (C=O) groups excluding carboxylic acids is 2. The van der Waals surface area contributed by atoms with Crippen molar-refractivity contribution < 1.29 is 14.3 Å². The molecule has 0 radical (unpaired) electrons. The molecule has 0 fully saturated rings. The van der Waals surface area contributed by atoms with Crippen LogP contribution in [0.3, 0.4) is 0 Å². The summed E-state index contributed by atoms with van der Waals surface area (Å²) in [5, 5.41) is 14.7. The molecular weight excluding hydrogens is 448 g/mol. The quantitative estimate of drug-likeness (QED) is 0.264. The molecule has 1 N–H and O–H groups in total. The van der Waals surface area contributed by atoms with Crippen molar-refractivity contribution in [2.75, 3.05) is 0 Å². The van der Waals surface area contributed by atoms with E-state index in [1.54, 1.807) is 11.5 Å². The van der Waals surface area contributed by atoms with Crippen molar-refractivity contribution in [1.29, 1.82) is 5.26 Å². The number of hydrogen-bond acceptors (Lipinski definition) is 6. The summed E-state index contributed by atoms with van der Waals surface area (Å²) in [5.74, 6) is -0.824. The average molecular weight is 477 g/mol. The molecule has 0 spiro atoms. The number of aromatic nitrogens is 2. The SMILES string of the molecule is CCCn1c(C)cc(/C=C(\C#N)C(=O)OCc2csc(CC(=O)NCc3ccccc3)n2)c1C. The second-order valence-electron chi connectivity index (χ2n) is 7.90. The molecule has 1 aromatic carbocycles. The summed E-state index contributed by atoms with van der Waals surface area (Å²) < 4.78 is 7.47. The van der Waals surface area contributed by atoms with E-state index in [4.69, 9.17) is 4.74 Å². The summed E-state index contributed by atoms with van der Waals surface area (Å²) in [4.78, 5) is 29.0. The lowest BCUT2D eigenvalue weighted by atomic mass is 10.1. The highest BCUT2D eigenvalue weighted by atomic mass is 32.1. The molecule has 7 nitrogen and oxygen atoms in total. The van der Waals surface area contributed by atoms with Gasteiger partial charge in [0.2, 0.25) is 5.91 Å². The molecule has 0 aliphatic rings. The van der Waals surface area contributed by atoms with Gasteiger partial charge in [-0.1, -0.05) is 37.3 Å². The summed E-state index contributed by atoms with van der Waals surface area (Å²) in [5.41, 5.74) is 4.43. The summed E-state index contributed by atoms with van der Waals surface area (Å²) in [6.07, 6.45) is 2.72. The molecule has 1 amide bonds. The highest BCUT2D eigenvalue weighted by Gasteiger charge is 2.15. The van der Waals surface area contributed by atoms with Gasteiger partial charge in [-0.2, -0.15) is 5.26 Å². The Morgan fingerprint density at radius 1 is 1.26 bits per heavy atom. The minimum absolute atomic E-state index is 0.0607. The van der Waals surface area contributed by atoms with Gasteiger partial charge in [-0.15, -0.1) is 11.3 Å². The van der Waals surface area contributed by atoms with E-state index < -0.39 is 5.97 Å². The van der Waals surface area contributed by atoms with Gasteiger partial charge in [0, 0.05) is 29.9 Å². The topological polar surface area (TPSA) is 97.0 Å². The third-order valence-corrected chi connectivity index (χ3v) is 6.19. The van der Waals surface area contributed by atoms with Crippen molar-refractivity contribution in [2.24, 2.45) is 0 Å². The van der Waals surface area contributed by atoms with Crippen LogP contribution in [0.4, 0.5) is 0 Å². The number of nitriles is 1. The first-order valence-corrected chi connectivity index (χ1v) is 12.0. The molecule has 0 unspecified atom stereocenters. The van der Waals surface area contributed by atoms with Crippen molar-refractivity contribution >= 4 is 29.3 Å². The van der Waals surface area contributed by atoms with E-state index in [0.29, 0.717) is 17.2 Å². The van der Waals surface area contributed by atoms with Crippen molar-refractivity contribution in [3.8, 4) is 6.07 Å². The molecule has 34 heavy (non-hydrogen) atoms. The molecular formula is C26H28N4O3S. The Morgan fingerprint density at radius 3 is 2.74 bits per heavy atom. The number of amides is 1. The maximum Gasteiger partial charge on any atom is 0.349 e. The maximum atomic E-state index is 12.5. The van der Waals surface area contributed by atoms with Crippen LogP contribution in [0.15, 0.2) is 47.4 Å². The highest BCUT2D eigenvalue weighted by molar-refractivity contribution is 7.09. The van der Waals surface area contributed by atoms with Gasteiger partial charge in [0.15, 0.2) is 0 Å². The van der Waals surface area contributed by atoms with Crippen LogP contribution in [0.25, 0.3) is 6.08 Å². The standard InChI is InChI=1S/C26H28N4O3S/c1-4-10-30-18(2)11-21(19(30)3)12-22(14-27)26(32)33-16-23-17-34-25(29-23)13-24(31)28-15-20-8-6-5-7-9-20/h5-9,11-12,17H,4,10,13,15-16H2,1-3H3,(H,28,31)/b22-12+. The van der Waals surface area contributed by atoms with Gasteiger partial charge >= 0.3 is 5.97 Å². The van der Waals surface area contributed by atoms with Crippen LogP contribution in [0.5, 0.6) is 0 Å². The van der Waals surface area contributed by atoms with Crippen LogP contribution >= 0.6 is 11.3 Å². The molecule has 0 bridgehead atoms. The number of aryl methyl sites for hydroxylation is 1. The molecule has 3 aromatic rings. The molecule has 0 saturated heterocycles. The minimum atomic E-state index is -0.696. The number of benzene rings is 1. The number of nitrogens with one attached hydrogen (secondary N) is 1. The highest BCUT2D eigenvalue weighted by Crippen LogP contribution is 2.19. The fourth-order valence-corrected chi connectivity index (χ4v) is 4.32. The lowest BCUT2D eigenvalue weighted by molar-refractivity contribution is -0.139. The Morgan fingerprint density at radius 2 is 2.03 bits per heavy atom. The van der Waals surface area contributed by atoms with E-state index in [1.807, 2.05) is 56.3 Å². The number of esters is 1. The van der Waals surface area contributed by atoms with Crippen LogP contribution in [0.2, 0.25) is 0 Å².